The molecule has 0 N–H and O–H groups in total. The van der Waals surface area contributed by atoms with Gasteiger partial charge in [-0.15, -0.1) is 0 Å². The Balaban J connectivity index is 1.75. The highest BCUT2D eigenvalue weighted by Gasteiger charge is 2.30. The van der Waals surface area contributed by atoms with Crippen LogP contribution < -0.4 is 9.47 Å². The van der Waals surface area contributed by atoms with Gasteiger partial charge in [0.2, 0.25) is 6.79 Å². The van der Waals surface area contributed by atoms with Gasteiger partial charge in [0.1, 0.15) is 6.61 Å². The summed E-state index contributed by atoms with van der Waals surface area (Å²) >= 11 is 0. The number of hydrogen-bond donors (Lipinski definition) is 0. The standard InChI is InChI=1S/C16H21NO3/c1-4-12(15-17-16(2,3)9-18-15)7-11-5-6-13-14(8-11)20-10-19-13/h5-6,8,12H,4,7,9-10H2,1-3H3. The molecule has 0 radical (unpaired) electrons. The van der Waals surface area contributed by atoms with E-state index in [2.05, 4.69) is 32.9 Å². The molecule has 1 atom stereocenters. The van der Waals surface area contributed by atoms with Crippen molar-refractivity contribution in [2.45, 2.75) is 39.2 Å². The molecular weight excluding hydrogens is 254 g/mol. The Morgan fingerprint density at radius 2 is 2.00 bits per heavy atom. The zero-order valence-electron chi connectivity index (χ0n) is 12.3. The zero-order valence-corrected chi connectivity index (χ0v) is 12.3. The first-order valence-corrected chi connectivity index (χ1v) is 7.18. The number of fused-ring (bicyclic) bond motifs is 1. The maximum absolute atomic E-state index is 5.78. The fourth-order valence-electron chi connectivity index (χ4n) is 2.58. The van der Waals surface area contributed by atoms with Gasteiger partial charge >= 0.3 is 0 Å². The molecule has 1 aromatic carbocycles. The number of hydrogen-bond acceptors (Lipinski definition) is 4. The second-order valence-electron chi connectivity index (χ2n) is 6.05. The van der Waals surface area contributed by atoms with Gasteiger partial charge in [-0.25, -0.2) is 4.99 Å². The molecule has 2 heterocycles. The SMILES string of the molecule is CCC(Cc1ccc2c(c1)OCO2)C1=NC(C)(C)CO1. The quantitative estimate of drug-likeness (QED) is 0.847. The van der Waals surface area contributed by atoms with Gasteiger partial charge in [-0.1, -0.05) is 13.0 Å². The Labute approximate surface area is 119 Å². The minimum atomic E-state index is -0.0857. The molecule has 1 unspecified atom stereocenters. The van der Waals surface area contributed by atoms with Crippen molar-refractivity contribution in [2.24, 2.45) is 10.9 Å². The Morgan fingerprint density at radius 1 is 1.20 bits per heavy atom. The molecule has 0 spiro atoms. The topological polar surface area (TPSA) is 40.0 Å². The molecule has 2 aliphatic heterocycles. The molecule has 3 rings (SSSR count). The highest BCUT2D eigenvalue weighted by molar-refractivity contribution is 5.81. The van der Waals surface area contributed by atoms with Crippen LogP contribution in [0.1, 0.15) is 32.8 Å². The first kappa shape index (κ1) is 13.3. The van der Waals surface area contributed by atoms with Crippen LogP contribution in [0.2, 0.25) is 0 Å². The highest BCUT2D eigenvalue weighted by atomic mass is 16.7. The highest BCUT2D eigenvalue weighted by Crippen LogP contribution is 2.34. The summed E-state index contributed by atoms with van der Waals surface area (Å²) in [6.45, 7) is 7.38. The Morgan fingerprint density at radius 3 is 2.70 bits per heavy atom. The summed E-state index contributed by atoms with van der Waals surface area (Å²) in [6.07, 6.45) is 1.94. The van der Waals surface area contributed by atoms with Gasteiger partial charge in [0.15, 0.2) is 17.4 Å². The van der Waals surface area contributed by atoms with E-state index in [0.29, 0.717) is 19.3 Å². The van der Waals surface area contributed by atoms with Crippen LogP contribution >= 0.6 is 0 Å². The molecule has 4 heteroatoms. The van der Waals surface area contributed by atoms with Crippen molar-refractivity contribution < 1.29 is 14.2 Å². The van der Waals surface area contributed by atoms with Gasteiger partial charge in [0.25, 0.3) is 0 Å². The third kappa shape index (κ3) is 2.60. The van der Waals surface area contributed by atoms with Crippen molar-refractivity contribution in [3.63, 3.8) is 0 Å². The molecule has 0 bridgehead atoms. The van der Waals surface area contributed by atoms with Crippen LogP contribution in [-0.2, 0) is 11.2 Å². The average molecular weight is 275 g/mol. The van der Waals surface area contributed by atoms with E-state index in [1.54, 1.807) is 0 Å². The lowest BCUT2D eigenvalue weighted by atomic mass is 9.96. The molecule has 0 saturated heterocycles. The van der Waals surface area contributed by atoms with Crippen molar-refractivity contribution >= 4 is 5.90 Å². The molecule has 0 aromatic heterocycles. The predicted molar refractivity (Wildman–Crippen MR) is 77.5 cm³/mol. The molecule has 0 amide bonds. The first-order valence-electron chi connectivity index (χ1n) is 7.18. The fourth-order valence-corrected chi connectivity index (χ4v) is 2.58. The largest absolute Gasteiger partial charge is 0.478 e. The van der Waals surface area contributed by atoms with E-state index in [1.165, 1.54) is 5.56 Å². The molecule has 2 aliphatic rings. The maximum atomic E-state index is 5.78. The second kappa shape index (κ2) is 5.00. The normalized spacial score (nSPS) is 20.4. The van der Waals surface area contributed by atoms with Gasteiger partial charge in [-0.3, -0.25) is 0 Å². The summed E-state index contributed by atoms with van der Waals surface area (Å²) < 4.78 is 16.6. The summed E-state index contributed by atoms with van der Waals surface area (Å²) in [5, 5.41) is 0. The molecule has 0 fully saturated rings. The average Bonchev–Trinajstić information content (AvgIpc) is 3.01. The Bertz CT molecular complexity index is 537. The third-order valence-electron chi connectivity index (χ3n) is 3.75. The number of ether oxygens (including phenoxy) is 3. The zero-order chi connectivity index (χ0) is 14.2. The third-order valence-corrected chi connectivity index (χ3v) is 3.75. The van der Waals surface area contributed by atoms with E-state index in [9.17, 15) is 0 Å². The van der Waals surface area contributed by atoms with Gasteiger partial charge in [-0.2, -0.15) is 0 Å². The van der Waals surface area contributed by atoms with E-state index in [0.717, 1.165) is 30.2 Å². The van der Waals surface area contributed by atoms with Crippen LogP contribution in [0.4, 0.5) is 0 Å². The molecule has 4 nitrogen and oxygen atoms in total. The van der Waals surface area contributed by atoms with E-state index < -0.39 is 0 Å². The van der Waals surface area contributed by atoms with E-state index in [1.807, 2.05) is 6.07 Å². The minimum Gasteiger partial charge on any atom is -0.478 e. The lowest BCUT2D eigenvalue weighted by Gasteiger charge is -2.14. The molecule has 0 aliphatic carbocycles. The maximum Gasteiger partial charge on any atom is 0.231 e. The lowest BCUT2D eigenvalue weighted by molar-refractivity contribution is 0.174. The Kier molecular flexibility index (Phi) is 3.32. The van der Waals surface area contributed by atoms with Crippen molar-refractivity contribution in [1.29, 1.82) is 0 Å². The van der Waals surface area contributed by atoms with Gasteiger partial charge in [0.05, 0.1) is 5.54 Å². The monoisotopic (exact) mass is 275 g/mol. The van der Waals surface area contributed by atoms with Crippen molar-refractivity contribution in [2.75, 3.05) is 13.4 Å². The van der Waals surface area contributed by atoms with Crippen molar-refractivity contribution in [1.82, 2.24) is 0 Å². The lowest BCUT2D eigenvalue weighted by Crippen LogP contribution is -2.17. The van der Waals surface area contributed by atoms with E-state index in [-0.39, 0.29) is 5.54 Å². The van der Waals surface area contributed by atoms with Crippen LogP contribution in [0.15, 0.2) is 23.2 Å². The van der Waals surface area contributed by atoms with E-state index in [4.69, 9.17) is 19.2 Å². The van der Waals surface area contributed by atoms with Crippen molar-refractivity contribution in [3.8, 4) is 11.5 Å². The van der Waals surface area contributed by atoms with Crippen LogP contribution in [-0.4, -0.2) is 24.8 Å². The van der Waals surface area contributed by atoms with Gasteiger partial charge in [0, 0.05) is 5.92 Å². The summed E-state index contributed by atoms with van der Waals surface area (Å²) in [6, 6.07) is 6.13. The Hall–Kier alpha value is -1.71. The van der Waals surface area contributed by atoms with Crippen LogP contribution in [0.3, 0.4) is 0 Å². The van der Waals surface area contributed by atoms with Crippen LogP contribution in [0, 0.1) is 5.92 Å². The number of benzene rings is 1. The summed E-state index contributed by atoms with van der Waals surface area (Å²) in [5.41, 5.74) is 1.15. The molecule has 1 aromatic rings. The van der Waals surface area contributed by atoms with Gasteiger partial charge in [-0.05, 0) is 44.4 Å². The van der Waals surface area contributed by atoms with Crippen molar-refractivity contribution in [3.05, 3.63) is 23.8 Å². The van der Waals surface area contributed by atoms with Crippen LogP contribution in [0.5, 0.6) is 11.5 Å². The van der Waals surface area contributed by atoms with Gasteiger partial charge < -0.3 is 14.2 Å². The number of rotatable bonds is 4. The second-order valence-corrected chi connectivity index (χ2v) is 6.05. The molecular formula is C16H21NO3. The number of aliphatic imine (C=N–C) groups is 1. The summed E-state index contributed by atoms with van der Waals surface area (Å²) in [7, 11) is 0. The van der Waals surface area contributed by atoms with E-state index >= 15 is 0 Å². The molecule has 108 valence electrons. The summed E-state index contributed by atoms with van der Waals surface area (Å²) in [5.74, 6) is 2.90. The minimum absolute atomic E-state index is 0.0857. The number of nitrogens with zero attached hydrogens (tertiary/aromatic N) is 1. The molecule has 20 heavy (non-hydrogen) atoms. The predicted octanol–water partition coefficient (Wildman–Crippen LogP) is 3.19. The smallest absolute Gasteiger partial charge is 0.231 e. The van der Waals surface area contributed by atoms with Crippen LogP contribution in [0.25, 0.3) is 0 Å². The summed E-state index contributed by atoms with van der Waals surface area (Å²) in [4.78, 5) is 4.70. The fraction of sp³-hybridized carbons (Fsp3) is 0.562. The molecule has 0 saturated carbocycles. The first-order chi connectivity index (χ1) is 9.57.